The predicted molar refractivity (Wildman–Crippen MR) is 60.6 cm³/mol. The fourth-order valence-corrected chi connectivity index (χ4v) is 1.61. The van der Waals surface area contributed by atoms with Crippen LogP contribution in [0.3, 0.4) is 0 Å². The largest absolute Gasteiger partial charge is 0.395 e. The van der Waals surface area contributed by atoms with Crippen molar-refractivity contribution in [2.75, 3.05) is 31.2 Å². The number of anilines is 1. The van der Waals surface area contributed by atoms with Crippen LogP contribution in [0, 0.1) is 11.6 Å². The minimum Gasteiger partial charge on any atom is -0.395 e. The van der Waals surface area contributed by atoms with Crippen LogP contribution in [0.1, 0.15) is 5.56 Å². The Bertz CT molecular complexity index is 345. The van der Waals surface area contributed by atoms with Crippen LogP contribution in [-0.2, 0) is 6.54 Å². The van der Waals surface area contributed by atoms with Crippen LogP contribution >= 0.6 is 0 Å². The van der Waals surface area contributed by atoms with E-state index in [1.54, 1.807) is 0 Å². The molecule has 0 saturated carbocycles. The van der Waals surface area contributed by atoms with Crippen molar-refractivity contribution in [2.45, 2.75) is 6.54 Å². The quantitative estimate of drug-likeness (QED) is 0.671. The van der Waals surface area contributed by atoms with Crippen LogP contribution in [0.15, 0.2) is 12.1 Å². The number of halogens is 2. The summed E-state index contributed by atoms with van der Waals surface area (Å²) in [5.41, 5.74) is 5.42. The Morgan fingerprint density at radius 3 is 1.88 bits per heavy atom. The summed E-state index contributed by atoms with van der Waals surface area (Å²) in [6.45, 7) is -0.351. The molecular formula is C11H16F2N2O2. The van der Waals surface area contributed by atoms with Gasteiger partial charge in [0.2, 0.25) is 0 Å². The van der Waals surface area contributed by atoms with E-state index in [9.17, 15) is 8.78 Å². The lowest BCUT2D eigenvalue weighted by molar-refractivity contribution is 0.280. The summed E-state index contributed by atoms with van der Waals surface area (Å²) in [7, 11) is 0. The van der Waals surface area contributed by atoms with Crippen LogP contribution in [-0.4, -0.2) is 36.5 Å². The maximum atomic E-state index is 13.7. The molecule has 4 N–H and O–H groups in total. The summed E-state index contributed by atoms with van der Waals surface area (Å²) >= 11 is 0. The first-order chi connectivity index (χ1) is 8.13. The highest BCUT2D eigenvalue weighted by Crippen LogP contribution is 2.24. The number of nitrogens with two attached hydrogens (primary N) is 1. The van der Waals surface area contributed by atoms with Gasteiger partial charge in [-0.1, -0.05) is 0 Å². The Kier molecular flexibility index (Phi) is 5.27. The topological polar surface area (TPSA) is 69.7 Å². The maximum absolute atomic E-state index is 13.7. The molecule has 0 aliphatic carbocycles. The van der Waals surface area contributed by atoms with Gasteiger partial charge in [0.05, 0.1) is 13.2 Å². The van der Waals surface area contributed by atoms with Crippen molar-refractivity contribution in [1.29, 1.82) is 0 Å². The molecular weight excluding hydrogens is 230 g/mol. The van der Waals surface area contributed by atoms with E-state index in [2.05, 4.69) is 0 Å². The van der Waals surface area contributed by atoms with Crippen LogP contribution < -0.4 is 10.6 Å². The molecule has 1 aromatic carbocycles. The van der Waals surface area contributed by atoms with Gasteiger partial charge in [-0.3, -0.25) is 0 Å². The van der Waals surface area contributed by atoms with Gasteiger partial charge in [-0.15, -0.1) is 0 Å². The number of aliphatic hydroxyl groups excluding tert-OH is 2. The molecule has 1 aromatic rings. The summed E-state index contributed by atoms with van der Waals surface area (Å²) in [6.07, 6.45) is 0. The molecule has 96 valence electrons. The van der Waals surface area contributed by atoms with Crippen LogP contribution in [0.4, 0.5) is 14.5 Å². The Balaban J connectivity index is 3.09. The molecule has 6 heteroatoms. The third kappa shape index (κ3) is 3.36. The van der Waals surface area contributed by atoms with Gasteiger partial charge in [0.15, 0.2) is 0 Å². The number of hydrogen-bond donors (Lipinski definition) is 3. The molecule has 0 aromatic heterocycles. The van der Waals surface area contributed by atoms with Crippen molar-refractivity contribution in [2.24, 2.45) is 5.73 Å². The second-order valence-corrected chi connectivity index (χ2v) is 3.55. The Hall–Kier alpha value is -1.24. The average molecular weight is 246 g/mol. The van der Waals surface area contributed by atoms with Crippen LogP contribution in [0.2, 0.25) is 0 Å². The normalized spacial score (nSPS) is 10.6. The van der Waals surface area contributed by atoms with Gasteiger partial charge in [-0.05, 0) is 17.7 Å². The Morgan fingerprint density at radius 2 is 1.53 bits per heavy atom. The van der Waals surface area contributed by atoms with Crippen molar-refractivity contribution in [3.05, 3.63) is 29.3 Å². The van der Waals surface area contributed by atoms with E-state index in [4.69, 9.17) is 15.9 Å². The summed E-state index contributed by atoms with van der Waals surface area (Å²) < 4.78 is 27.4. The van der Waals surface area contributed by atoms with E-state index in [1.165, 1.54) is 4.90 Å². The number of nitrogens with zero attached hydrogens (tertiary/aromatic N) is 1. The lowest BCUT2D eigenvalue weighted by atomic mass is 10.1. The maximum Gasteiger partial charge on any atom is 0.149 e. The van der Waals surface area contributed by atoms with E-state index >= 15 is 0 Å². The molecule has 0 radical (unpaired) electrons. The molecule has 4 nitrogen and oxygen atoms in total. The van der Waals surface area contributed by atoms with Gasteiger partial charge in [0, 0.05) is 19.6 Å². The van der Waals surface area contributed by atoms with Gasteiger partial charge in [0.1, 0.15) is 17.3 Å². The zero-order valence-corrected chi connectivity index (χ0v) is 9.37. The Labute approximate surface area is 98.3 Å². The molecule has 0 fully saturated rings. The molecule has 0 aliphatic rings. The van der Waals surface area contributed by atoms with Crippen molar-refractivity contribution < 1.29 is 19.0 Å². The first-order valence-corrected chi connectivity index (χ1v) is 5.28. The molecule has 0 spiro atoms. The van der Waals surface area contributed by atoms with E-state index in [-0.39, 0.29) is 38.5 Å². The molecule has 17 heavy (non-hydrogen) atoms. The summed E-state index contributed by atoms with van der Waals surface area (Å²) in [5, 5.41) is 17.6. The second-order valence-electron chi connectivity index (χ2n) is 3.55. The molecule has 0 saturated heterocycles. The molecule has 0 aliphatic heterocycles. The summed E-state index contributed by atoms with van der Waals surface area (Å²) in [6, 6.07) is 2.31. The van der Waals surface area contributed by atoms with Gasteiger partial charge in [-0.2, -0.15) is 0 Å². The average Bonchev–Trinajstić information content (AvgIpc) is 2.28. The van der Waals surface area contributed by atoms with Gasteiger partial charge in [0.25, 0.3) is 0 Å². The van der Waals surface area contributed by atoms with Crippen LogP contribution in [0.5, 0.6) is 0 Å². The highest BCUT2D eigenvalue weighted by atomic mass is 19.1. The van der Waals surface area contributed by atoms with Gasteiger partial charge in [-0.25, -0.2) is 8.78 Å². The van der Waals surface area contributed by atoms with E-state index < -0.39 is 11.6 Å². The van der Waals surface area contributed by atoms with Crippen molar-refractivity contribution in [1.82, 2.24) is 0 Å². The molecule has 0 amide bonds. The fraction of sp³-hybridized carbons (Fsp3) is 0.455. The van der Waals surface area contributed by atoms with E-state index in [0.717, 1.165) is 12.1 Å². The summed E-state index contributed by atoms with van der Waals surface area (Å²) in [5.74, 6) is -1.49. The first kappa shape index (κ1) is 13.8. The zero-order chi connectivity index (χ0) is 12.8. The molecule has 0 atom stereocenters. The Morgan fingerprint density at radius 1 is 1.06 bits per heavy atom. The molecule has 0 bridgehead atoms. The summed E-state index contributed by atoms with van der Waals surface area (Å²) in [4.78, 5) is 1.25. The number of aliphatic hydroxyl groups is 2. The van der Waals surface area contributed by atoms with E-state index in [0.29, 0.717) is 5.56 Å². The number of rotatable bonds is 6. The fourth-order valence-electron chi connectivity index (χ4n) is 1.61. The van der Waals surface area contributed by atoms with Crippen molar-refractivity contribution >= 4 is 5.69 Å². The lowest BCUT2D eigenvalue weighted by Crippen LogP contribution is -2.31. The number of benzene rings is 1. The zero-order valence-electron chi connectivity index (χ0n) is 9.37. The third-order valence-electron chi connectivity index (χ3n) is 2.37. The standard InChI is InChI=1S/C11H16F2N2O2/c12-9-5-8(7-14)6-10(13)11(9)15(1-3-16)2-4-17/h5-6,16-17H,1-4,7,14H2. The highest BCUT2D eigenvalue weighted by molar-refractivity contribution is 5.50. The second kappa shape index (κ2) is 6.48. The molecule has 1 rings (SSSR count). The predicted octanol–water partition coefficient (Wildman–Crippen LogP) is 0.214. The number of hydrogen-bond acceptors (Lipinski definition) is 4. The van der Waals surface area contributed by atoms with Gasteiger partial charge >= 0.3 is 0 Å². The SMILES string of the molecule is NCc1cc(F)c(N(CCO)CCO)c(F)c1. The van der Waals surface area contributed by atoms with Crippen molar-refractivity contribution in [3.8, 4) is 0 Å². The van der Waals surface area contributed by atoms with Crippen molar-refractivity contribution in [3.63, 3.8) is 0 Å². The van der Waals surface area contributed by atoms with E-state index in [1.807, 2.05) is 0 Å². The minimum absolute atomic E-state index is 0.0497. The monoisotopic (exact) mass is 246 g/mol. The molecule has 0 unspecified atom stereocenters. The lowest BCUT2D eigenvalue weighted by Gasteiger charge is -2.24. The third-order valence-corrected chi connectivity index (χ3v) is 2.37. The van der Waals surface area contributed by atoms with Gasteiger partial charge < -0.3 is 20.8 Å². The molecule has 0 heterocycles. The first-order valence-electron chi connectivity index (χ1n) is 5.28. The minimum atomic E-state index is -0.743. The smallest absolute Gasteiger partial charge is 0.149 e. The van der Waals surface area contributed by atoms with Crippen LogP contribution in [0.25, 0.3) is 0 Å². The highest BCUT2D eigenvalue weighted by Gasteiger charge is 2.17.